The fourth-order valence-corrected chi connectivity index (χ4v) is 2.52. The maximum atomic E-state index is 6.16. The van der Waals surface area contributed by atoms with Crippen LogP contribution in [0.1, 0.15) is 22.7 Å². The van der Waals surface area contributed by atoms with Crippen LogP contribution in [0.5, 0.6) is 0 Å². The van der Waals surface area contributed by atoms with Gasteiger partial charge in [0.1, 0.15) is 0 Å². The molecule has 0 radical (unpaired) electrons. The highest BCUT2D eigenvalue weighted by atomic mass is 79.9. The van der Waals surface area contributed by atoms with E-state index >= 15 is 0 Å². The summed E-state index contributed by atoms with van der Waals surface area (Å²) in [5.41, 5.74) is 12.4. The topological polar surface area (TPSA) is 64.1 Å². The molecule has 5 N–H and O–H groups in total. The van der Waals surface area contributed by atoms with Crippen LogP contribution in [-0.2, 0) is 0 Å². The molecule has 2 rings (SSSR count). The number of hydrogen-bond donors (Lipinski definition) is 3. The summed E-state index contributed by atoms with van der Waals surface area (Å²) in [6.07, 6.45) is 0. The van der Waals surface area contributed by atoms with Crippen molar-refractivity contribution in [3.8, 4) is 0 Å². The minimum Gasteiger partial charge on any atom is -0.398 e. The van der Waals surface area contributed by atoms with Crippen LogP contribution in [0.2, 0.25) is 5.02 Å². The number of aryl methyl sites for hydroxylation is 1. The first-order valence-corrected chi connectivity index (χ1v) is 6.97. The van der Waals surface area contributed by atoms with Crippen molar-refractivity contribution in [2.45, 2.75) is 13.0 Å². The molecule has 0 bridgehead atoms. The molecule has 0 saturated carbocycles. The van der Waals surface area contributed by atoms with Gasteiger partial charge in [-0.25, -0.2) is 5.43 Å². The van der Waals surface area contributed by atoms with Gasteiger partial charge in [-0.2, -0.15) is 0 Å². The van der Waals surface area contributed by atoms with E-state index in [0.717, 1.165) is 21.2 Å². The Kier molecular flexibility index (Phi) is 4.47. The van der Waals surface area contributed by atoms with Crippen LogP contribution in [0.15, 0.2) is 40.9 Å². The molecule has 0 heterocycles. The molecule has 0 aliphatic carbocycles. The summed E-state index contributed by atoms with van der Waals surface area (Å²) in [4.78, 5) is 0. The van der Waals surface area contributed by atoms with Gasteiger partial charge in [0.15, 0.2) is 0 Å². The maximum absolute atomic E-state index is 6.16. The molecular formula is C14H15BrClN3. The van der Waals surface area contributed by atoms with E-state index in [-0.39, 0.29) is 6.04 Å². The standard InChI is InChI=1S/C14H15BrClN3/c1-8-2-3-9(6-12(8)16)14(19-18)11-7-10(15)4-5-13(11)17/h2-7,14,19H,17-18H2,1H3. The third-order valence-corrected chi connectivity index (χ3v) is 3.96. The molecule has 0 aromatic heterocycles. The molecule has 0 amide bonds. The highest BCUT2D eigenvalue weighted by molar-refractivity contribution is 9.10. The zero-order valence-electron chi connectivity index (χ0n) is 10.5. The molecule has 5 heteroatoms. The zero-order chi connectivity index (χ0) is 14.0. The molecule has 1 unspecified atom stereocenters. The lowest BCUT2D eigenvalue weighted by atomic mass is 9.97. The Bertz CT molecular complexity index is 601. The summed E-state index contributed by atoms with van der Waals surface area (Å²) >= 11 is 9.61. The van der Waals surface area contributed by atoms with E-state index in [1.54, 1.807) is 0 Å². The number of nitrogens with two attached hydrogens (primary N) is 2. The van der Waals surface area contributed by atoms with E-state index in [9.17, 15) is 0 Å². The largest absolute Gasteiger partial charge is 0.398 e. The number of nitrogens with one attached hydrogen (secondary N) is 1. The molecule has 2 aromatic carbocycles. The predicted molar refractivity (Wildman–Crippen MR) is 83.9 cm³/mol. The second-order valence-electron chi connectivity index (χ2n) is 4.38. The van der Waals surface area contributed by atoms with Crippen LogP contribution in [0.25, 0.3) is 0 Å². The molecule has 0 spiro atoms. The molecule has 1 atom stereocenters. The lowest BCUT2D eigenvalue weighted by molar-refractivity contribution is 0.638. The molecule has 0 saturated heterocycles. The van der Waals surface area contributed by atoms with E-state index < -0.39 is 0 Å². The van der Waals surface area contributed by atoms with Crippen LogP contribution in [-0.4, -0.2) is 0 Å². The van der Waals surface area contributed by atoms with Crippen molar-refractivity contribution in [1.82, 2.24) is 5.43 Å². The fourth-order valence-electron chi connectivity index (χ4n) is 1.95. The fraction of sp³-hybridized carbons (Fsp3) is 0.143. The van der Waals surface area contributed by atoms with E-state index in [1.165, 1.54) is 0 Å². The van der Waals surface area contributed by atoms with Crippen LogP contribution in [0, 0.1) is 6.92 Å². The van der Waals surface area contributed by atoms with Gasteiger partial charge in [-0.05, 0) is 47.9 Å². The number of hydrogen-bond acceptors (Lipinski definition) is 3. The summed E-state index contributed by atoms with van der Waals surface area (Å²) in [5, 5.41) is 0.714. The Hall–Kier alpha value is -1.07. The van der Waals surface area contributed by atoms with E-state index in [0.29, 0.717) is 10.7 Å². The van der Waals surface area contributed by atoms with Gasteiger partial charge in [0, 0.05) is 15.2 Å². The Morgan fingerprint density at radius 1 is 1.21 bits per heavy atom. The molecule has 0 fully saturated rings. The van der Waals surface area contributed by atoms with Crippen LogP contribution >= 0.6 is 27.5 Å². The van der Waals surface area contributed by atoms with E-state index in [2.05, 4.69) is 21.4 Å². The van der Waals surface area contributed by atoms with E-state index in [4.69, 9.17) is 23.2 Å². The first kappa shape index (κ1) is 14.3. The van der Waals surface area contributed by atoms with Crippen LogP contribution in [0.3, 0.4) is 0 Å². The monoisotopic (exact) mass is 339 g/mol. The van der Waals surface area contributed by atoms with Crippen LogP contribution < -0.4 is 17.0 Å². The minimum atomic E-state index is -0.199. The average molecular weight is 341 g/mol. The Morgan fingerprint density at radius 3 is 2.58 bits per heavy atom. The quantitative estimate of drug-likeness (QED) is 0.455. The van der Waals surface area contributed by atoms with Crippen molar-refractivity contribution < 1.29 is 0 Å². The van der Waals surface area contributed by atoms with Gasteiger partial charge in [0.05, 0.1) is 6.04 Å². The Labute approximate surface area is 126 Å². The van der Waals surface area contributed by atoms with Gasteiger partial charge in [0.2, 0.25) is 0 Å². The van der Waals surface area contributed by atoms with Gasteiger partial charge in [-0.3, -0.25) is 5.84 Å². The first-order chi connectivity index (χ1) is 9.02. The lowest BCUT2D eigenvalue weighted by Gasteiger charge is -2.19. The predicted octanol–water partition coefficient (Wildman–Crippen LogP) is 3.55. The summed E-state index contributed by atoms with van der Waals surface area (Å²) in [5.74, 6) is 5.68. The SMILES string of the molecule is Cc1ccc(C(NN)c2cc(Br)ccc2N)cc1Cl. The summed E-state index contributed by atoms with van der Waals surface area (Å²) in [7, 11) is 0. The van der Waals surface area contributed by atoms with Gasteiger partial charge in [0.25, 0.3) is 0 Å². The van der Waals surface area contributed by atoms with Crippen molar-refractivity contribution >= 4 is 33.2 Å². The molecule has 19 heavy (non-hydrogen) atoms. The lowest BCUT2D eigenvalue weighted by Crippen LogP contribution is -2.29. The van der Waals surface area contributed by atoms with Gasteiger partial charge in [-0.15, -0.1) is 0 Å². The molecule has 0 aliphatic heterocycles. The van der Waals surface area contributed by atoms with Crippen molar-refractivity contribution in [1.29, 1.82) is 0 Å². The van der Waals surface area contributed by atoms with Gasteiger partial charge >= 0.3 is 0 Å². The van der Waals surface area contributed by atoms with Gasteiger partial charge in [-0.1, -0.05) is 39.7 Å². The number of rotatable bonds is 3. The van der Waals surface area contributed by atoms with E-state index in [1.807, 2.05) is 43.3 Å². The molecule has 100 valence electrons. The molecular weight excluding hydrogens is 326 g/mol. The number of hydrazine groups is 1. The number of anilines is 1. The van der Waals surface area contributed by atoms with Crippen molar-refractivity contribution in [3.63, 3.8) is 0 Å². The highest BCUT2D eigenvalue weighted by Gasteiger charge is 2.16. The third-order valence-electron chi connectivity index (χ3n) is 3.06. The number of nitrogen functional groups attached to an aromatic ring is 1. The van der Waals surface area contributed by atoms with Gasteiger partial charge < -0.3 is 5.73 Å². The highest BCUT2D eigenvalue weighted by Crippen LogP contribution is 2.30. The average Bonchev–Trinajstić information content (AvgIpc) is 2.38. The number of halogens is 2. The zero-order valence-corrected chi connectivity index (χ0v) is 12.8. The molecule has 0 aliphatic rings. The second kappa shape index (κ2) is 5.92. The van der Waals surface area contributed by atoms with Crippen molar-refractivity contribution in [3.05, 3.63) is 62.6 Å². The smallest absolute Gasteiger partial charge is 0.0730 e. The third kappa shape index (κ3) is 3.09. The molecule has 2 aromatic rings. The maximum Gasteiger partial charge on any atom is 0.0730 e. The summed E-state index contributed by atoms with van der Waals surface area (Å²) in [6, 6.07) is 11.4. The minimum absolute atomic E-state index is 0.199. The molecule has 3 nitrogen and oxygen atoms in total. The Balaban J connectivity index is 2.49. The van der Waals surface area contributed by atoms with Crippen molar-refractivity contribution in [2.24, 2.45) is 5.84 Å². The summed E-state index contributed by atoms with van der Waals surface area (Å²) < 4.78 is 0.954. The second-order valence-corrected chi connectivity index (χ2v) is 5.70. The van der Waals surface area contributed by atoms with Crippen LogP contribution in [0.4, 0.5) is 5.69 Å². The first-order valence-electron chi connectivity index (χ1n) is 5.80. The normalized spacial score (nSPS) is 12.4. The van der Waals surface area contributed by atoms with Crippen molar-refractivity contribution in [2.75, 3.05) is 5.73 Å². The summed E-state index contributed by atoms with van der Waals surface area (Å²) in [6.45, 7) is 1.96. The number of benzene rings is 2. The Morgan fingerprint density at radius 2 is 1.95 bits per heavy atom.